The second kappa shape index (κ2) is 13.6. The number of ether oxygens (including phenoxy) is 3. The van der Waals surface area contributed by atoms with E-state index in [1.54, 1.807) is 54.7 Å². The van der Waals surface area contributed by atoms with E-state index in [0.29, 0.717) is 50.0 Å². The number of halogens is 2. The van der Waals surface area contributed by atoms with Crippen LogP contribution in [-0.4, -0.2) is 63.9 Å². The highest BCUT2D eigenvalue weighted by molar-refractivity contribution is 7.83. The van der Waals surface area contributed by atoms with E-state index in [9.17, 15) is 14.1 Å². The Kier molecular flexibility index (Phi) is 10.7. The summed E-state index contributed by atoms with van der Waals surface area (Å²) in [6.07, 6.45) is 1.63. The largest absolute Gasteiger partial charge is 0.493 e. The minimum absolute atomic E-state index is 0.148. The Morgan fingerprint density at radius 3 is 2.34 bits per heavy atom. The van der Waals surface area contributed by atoms with Crippen molar-refractivity contribution in [1.82, 2.24) is 9.21 Å². The second-order valence-electron chi connectivity index (χ2n) is 8.83. The number of nitrogens with zero attached hydrogens (tertiary/aromatic N) is 2. The van der Waals surface area contributed by atoms with Crippen LogP contribution in [0.3, 0.4) is 0 Å². The van der Waals surface area contributed by atoms with Crippen molar-refractivity contribution in [3.05, 3.63) is 57.8 Å². The zero-order valence-corrected chi connectivity index (χ0v) is 24.5. The molecule has 0 bridgehead atoms. The molecule has 0 aliphatic carbocycles. The van der Waals surface area contributed by atoms with Gasteiger partial charge in [-0.2, -0.15) is 0 Å². The number of aliphatic hydroxyl groups excluding tert-OH is 1. The lowest BCUT2D eigenvalue weighted by molar-refractivity contribution is -0.128. The number of hydrogen-bond acceptors (Lipinski definition) is 6. The number of methoxy groups -OCH3 is 2. The predicted octanol–water partition coefficient (Wildman–Crippen LogP) is 5.43. The Morgan fingerprint density at radius 2 is 1.79 bits per heavy atom. The van der Waals surface area contributed by atoms with E-state index in [1.165, 1.54) is 18.9 Å². The van der Waals surface area contributed by atoms with E-state index in [0.717, 1.165) is 12.8 Å². The van der Waals surface area contributed by atoms with Crippen LogP contribution in [0.1, 0.15) is 40.0 Å². The Hall–Kier alpha value is -2.46. The van der Waals surface area contributed by atoms with Gasteiger partial charge in [-0.1, -0.05) is 43.0 Å². The highest BCUT2D eigenvalue weighted by Crippen LogP contribution is 2.42. The number of benzene rings is 2. The van der Waals surface area contributed by atoms with Gasteiger partial charge in [0.1, 0.15) is 18.2 Å². The molecule has 0 fully saturated rings. The molecule has 2 aromatic rings. The van der Waals surface area contributed by atoms with Crippen molar-refractivity contribution in [1.29, 1.82) is 0 Å². The summed E-state index contributed by atoms with van der Waals surface area (Å²) < 4.78 is 32.0. The lowest BCUT2D eigenvalue weighted by Gasteiger charge is -2.49. The molecule has 0 saturated heterocycles. The highest BCUT2D eigenvalue weighted by atomic mass is 35.5. The zero-order chi connectivity index (χ0) is 28.0. The summed E-state index contributed by atoms with van der Waals surface area (Å²) in [6.45, 7) is 5.47. The fourth-order valence-electron chi connectivity index (χ4n) is 4.40. The molecule has 2 aromatic carbocycles. The fourth-order valence-corrected chi connectivity index (χ4v) is 6.55. The number of aliphatic hydroxyl groups is 1. The first-order chi connectivity index (χ1) is 18.1. The maximum atomic E-state index is 13.8. The minimum atomic E-state index is -1.72. The van der Waals surface area contributed by atoms with Crippen molar-refractivity contribution in [2.75, 3.05) is 27.4 Å². The van der Waals surface area contributed by atoms with Gasteiger partial charge in [0.25, 0.3) is 0 Å². The van der Waals surface area contributed by atoms with Gasteiger partial charge < -0.3 is 19.3 Å². The maximum absolute atomic E-state index is 13.8. The molecule has 1 N–H and O–H groups in total. The van der Waals surface area contributed by atoms with Crippen LogP contribution in [0.5, 0.6) is 17.2 Å². The van der Waals surface area contributed by atoms with Gasteiger partial charge in [0.15, 0.2) is 22.5 Å². The maximum Gasteiger partial charge on any atom is 0.225 e. The van der Waals surface area contributed by atoms with Crippen LogP contribution < -0.4 is 14.2 Å². The van der Waals surface area contributed by atoms with Crippen LogP contribution in [0.25, 0.3) is 0 Å². The topological polar surface area (TPSA) is 88.5 Å². The average molecular weight is 586 g/mol. The van der Waals surface area contributed by atoms with Crippen LogP contribution >= 0.6 is 23.2 Å². The normalized spacial score (nSPS) is 16.5. The molecule has 0 radical (unpaired) electrons. The van der Waals surface area contributed by atoms with Gasteiger partial charge in [-0.25, -0.2) is 4.21 Å². The van der Waals surface area contributed by atoms with Gasteiger partial charge in [0.2, 0.25) is 5.91 Å². The summed E-state index contributed by atoms with van der Waals surface area (Å²) in [6, 6.07) is 9.63. The molecule has 3 atom stereocenters. The van der Waals surface area contributed by atoms with Gasteiger partial charge in [-0.3, -0.25) is 14.0 Å². The molecule has 8 nitrogen and oxygen atoms in total. The fraction of sp³-hybridized carbons (Fsp3) is 0.444. The van der Waals surface area contributed by atoms with Gasteiger partial charge in [0, 0.05) is 28.6 Å². The summed E-state index contributed by atoms with van der Waals surface area (Å²) in [7, 11) is 1.37. The van der Waals surface area contributed by atoms with Crippen LogP contribution in [0.2, 0.25) is 10.0 Å². The average Bonchev–Trinajstić information content (AvgIpc) is 2.85. The molecule has 1 amide bonds. The predicted molar refractivity (Wildman–Crippen MR) is 149 cm³/mol. The SMILES string of the molecule is CCCCC1C(C(C)O)=C(N(CCOc2ccc(OC)c(OC)c2)C(C)=O)N1S(=O)c1cc(Cl)cc(Cl)c1. The molecule has 1 heterocycles. The zero-order valence-electron chi connectivity index (χ0n) is 22.2. The lowest BCUT2D eigenvalue weighted by atomic mass is 9.90. The number of unbranched alkanes of at least 4 members (excludes halogenated alkanes) is 1. The first kappa shape index (κ1) is 30.1. The van der Waals surface area contributed by atoms with E-state index in [-0.39, 0.29) is 25.1 Å². The molecule has 1 aliphatic heterocycles. The van der Waals surface area contributed by atoms with Crippen LogP contribution in [0.4, 0.5) is 0 Å². The number of hydrogen-bond donors (Lipinski definition) is 1. The van der Waals surface area contributed by atoms with Crippen LogP contribution in [0, 0.1) is 0 Å². The summed E-state index contributed by atoms with van der Waals surface area (Å²) in [4.78, 5) is 14.8. The van der Waals surface area contributed by atoms with Gasteiger partial charge in [-0.05, 0) is 43.7 Å². The van der Waals surface area contributed by atoms with Gasteiger partial charge >= 0.3 is 0 Å². The molecule has 208 valence electrons. The monoisotopic (exact) mass is 584 g/mol. The Morgan fingerprint density at radius 1 is 1.13 bits per heavy atom. The number of rotatable bonds is 13. The van der Waals surface area contributed by atoms with Crippen LogP contribution in [0.15, 0.2) is 52.7 Å². The molecule has 0 aromatic heterocycles. The molecule has 1 aliphatic rings. The third kappa shape index (κ3) is 6.75. The summed E-state index contributed by atoms with van der Waals surface area (Å²) in [5.41, 5.74) is 0.668. The van der Waals surface area contributed by atoms with Crippen molar-refractivity contribution < 1.29 is 28.3 Å². The summed E-state index contributed by atoms with van der Waals surface area (Å²) in [5, 5.41) is 11.4. The number of carbonyl (C=O) groups is 1. The van der Waals surface area contributed by atoms with E-state index in [4.69, 9.17) is 37.4 Å². The first-order valence-corrected chi connectivity index (χ1v) is 14.2. The highest BCUT2D eigenvalue weighted by Gasteiger charge is 2.46. The Bertz CT molecular complexity index is 1190. The molecule has 3 unspecified atom stereocenters. The van der Waals surface area contributed by atoms with Crippen molar-refractivity contribution >= 4 is 40.1 Å². The molecule has 11 heteroatoms. The van der Waals surface area contributed by atoms with E-state index in [2.05, 4.69) is 6.92 Å². The van der Waals surface area contributed by atoms with E-state index in [1.807, 2.05) is 0 Å². The van der Waals surface area contributed by atoms with Crippen molar-refractivity contribution in [2.45, 2.75) is 57.1 Å². The standard InChI is InChI=1S/C27H34Cl2N2O6S/c1-6-7-8-23-26(17(2)32)27(31(23)38(34)22-14-19(28)13-20(29)15-22)30(18(3)33)11-12-37-21-9-10-24(35-4)25(16-21)36-5/h9-10,13-17,23,32H,6-8,11-12H2,1-5H3. The third-order valence-electron chi connectivity index (χ3n) is 6.18. The van der Waals surface area contributed by atoms with E-state index >= 15 is 0 Å². The molecule has 3 rings (SSSR count). The van der Waals surface area contributed by atoms with E-state index < -0.39 is 17.1 Å². The number of amides is 1. The Labute approximate surface area is 236 Å². The van der Waals surface area contributed by atoms with Crippen LogP contribution in [-0.2, 0) is 15.8 Å². The molecule has 38 heavy (non-hydrogen) atoms. The number of carbonyl (C=O) groups excluding carboxylic acids is 1. The smallest absolute Gasteiger partial charge is 0.225 e. The van der Waals surface area contributed by atoms with Crippen molar-refractivity contribution in [2.24, 2.45) is 0 Å². The molecule has 0 saturated carbocycles. The Balaban J connectivity index is 1.92. The second-order valence-corrected chi connectivity index (χ2v) is 11.1. The summed E-state index contributed by atoms with van der Waals surface area (Å²) in [5.74, 6) is 1.78. The molecular weight excluding hydrogens is 551 g/mol. The first-order valence-electron chi connectivity index (χ1n) is 12.3. The molecule has 0 spiro atoms. The quantitative estimate of drug-likeness (QED) is 0.338. The van der Waals surface area contributed by atoms with Crippen molar-refractivity contribution in [3.63, 3.8) is 0 Å². The van der Waals surface area contributed by atoms with Gasteiger partial charge in [0.05, 0.1) is 37.8 Å². The lowest BCUT2D eigenvalue weighted by Crippen LogP contribution is -2.56. The summed E-state index contributed by atoms with van der Waals surface area (Å²) >= 11 is 12.4. The molecular formula is C27H34Cl2N2O6S. The minimum Gasteiger partial charge on any atom is -0.493 e. The van der Waals surface area contributed by atoms with Crippen molar-refractivity contribution in [3.8, 4) is 17.2 Å². The third-order valence-corrected chi connectivity index (χ3v) is 8.04. The van der Waals surface area contributed by atoms with Gasteiger partial charge in [-0.15, -0.1) is 0 Å².